The Bertz CT molecular complexity index is 592. The second kappa shape index (κ2) is 6.96. The summed E-state index contributed by atoms with van der Waals surface area (Å²) < 4.78 is 0. The van der Waals surface area contributed by atoms with Crippen molar-refractivity contribution in [3.05, 3.63) is 70.2 Å². The predicted molar refractivity (Wildman–Crippen MR) is 87.7 cm³/mol. The number of rotatable bonds is 5. The second-order valence-corrected chi connectivity index (χ2v) is 6.51. The van der Waals surface area contributed by atoms with Gasteiger partial charge in [-0.1, -0.05) is 59.6 Å². The van der Waals surface area contributed by atoms with E-state index in [1.54, 1.807) is 11.8 Å². The van der Waals surface area contributed by atoms with Crippen molar-refractivity contribution < 1.29 is 4.79 Å². The second-order valence-electron chi connectivity index (χ2n) is 4.77. The summed E-state index contributed by atoms with van der Waals surface area (Å²) in [4.78, 5) is 12.3. The molecular weight excluding hydrogens is 288 g/mol. The van der Waals surface area contributed by atoms with Crippen molar-refractivity contribution in [2.24, 2.45) is 0 Å². The highest BCUT2D eigenvalue weighted by Gasteiger charge is 2.15. The van der Waals surface area contributed by atoms with Crippen LogP contribution in [0.25, 0.3) is 0 Å². The van der Waals surface area contributed by atoms with Gasteiger partial charge < -0.3 is 0 Å². The SMILES string of the molecule is Cc1ccc(C(=O)C(C)SCc2ccccc2Cl)cc1. The zero-order valence-corrected chi connectivity index (χ0v) is 13.2. The van der Waals surface area contributed by atoms with Crippen LogP contribution < -0.4 is 0 Å². The Morgan fingerprint density at radius 3 is 2.45 bits per heavy atom. The number of carbonyl (C=O) groups excluding carboxylic acids is 1. The molecule has 0 amide bonds. The highest BCUT2D eigenvalue weighted by Crippen LogP contribution is 2.25. The van der Waals surface area contributed by atoms with Crippen molar-refractivity contribution in [3.8, 4) is 0 Å². The Morgan fingerprint density at radius 1 is 1.15 bits per heavy atom. The first-order valence-electron chi connectivity index (χ1n) is 6.54. The topological polar surface area (TPSA) is 17.1 Å². The maximum atomic E-state index is 12.3. The Kier molecular flexibility index (Phi) is 5.27. The molecule has 0 aliphatic heterocycles. The van der Waals surface area contributed by atoms with E-state index in [2.05, 4.69) is 0 Å². The minimum absolute atomic E-state index is 0.0750. The molecule has 104 valence electrons. The van der Waals surface area contributed by atoms with Crippen molar-refractivity contribution in [3.63, 3.8) is 0 Å². The lowest BCUT2D eigenvalue weighted by Gasteiger charge is -2.11. The lowest BCUT2D eigenvalue weighted by atomic mass is 10.1. The Hall–Kier alpha value is -1.25. The van der Waals surface area contributed by atoms with E-state index in [9.17, 15) is 4.79 Å². The maximum absolute atomic E-state index is 12.3. The fourth-order valence-electron chi connectivity index (χ4n) is 1.86. The van der Waals surface area contributed by atoms with Crippen molar-refractivity contribution in [2.45, 2.75) is 24.9 Å². The number of thioether (sulfide) groups is 1. The molecule has 0 heterocycles. The number of hydrogen-bond donors (Lipinski definition) is 0. The van der Waals surface area contributed by atoms with Crippen LogP contribution in [0, 0.1) is 6.92 Å². The number of hydrogen-bond acceptors (Lipinski definition) is 2. The molecule has 0 radical (unpaired) electrons. The van der Waals surface area contributed by atoms with E-state index in [-0.39, 0.29) is 11.0 Å². The molecule has 0 spiro atoms. The van der Waals surface area contributed by atoms with Crippen LogP contribution in [0.15, 0.2) is 48.5 Å². The van der Waals surface area contributed by atoms with Crippen molar-refractivity contribution in [1.29, 1.82) is 0 Å². The summed E-state index contributed by atoms with van der Waals surface area (Å²) in [6.07, 6.45) is 0. The number of ketones is 1. The fourth-order valence-corrected chi connectivity index (χ4v) is 3.11. The molecule has 0 saturated carbocycles. The standard InChI is InChI=1S/C17H17ClOS/c1-12-7-9-14(10-8-12)17(19)13(2)20-11-15-5-3-4-6-16(15)18/h3-10,13H,11H2,1-2H3. The summed E-state index contributed by atoms with van der Waals surface area (Å²) >= 11 is 7.74. The Labute approximate surface area is 129 Å². The van der Waals surface area contributed by atoms with Crippen LogP contribution in [0.1, 0.15) is 28.4 Å². The first-order chi connectivity index (χ1) is 9.58. The number of halogens is 1. The Balaban J connectivity index is 1.98. The third kappa shape index (κ3) is 3.87. The van der Waals surface area contributed by atoms with E-state index in [1.165, 1.54) is 0 Å². The monoisotopic (exact) mass is 304 g/mol. The number of benzene rings is 2. The van der Waals surface area contributed by atoms with Crippen LogP contribution in [0.5, 0.6) is 0 Å². The fraction of sp³-hybridized carbons (Fsp3) is 0.235. The van der Waals surface area contributed by atoms with Crippen LogP contribution in [-0.4, -0.2) is 11.0 Å². The van der Waals surface area contributed by atoms with Crippen LogP contribution in [0.2, 0.25) is 5.02 Å². The number of Topliss-reactive ketones (excluding diaryl/α,β-unsaturated/α-hetero) is 1. The molecule has 2 aromatic carbocycles. The molecule has 0 N–H and O–H groups in total. The molecule has 2 aromatic rings. The maximum Gasteiger partial charge on any atom is 0.175 e. The molecule has 1 nitrogen and oxygen atoms in total. The molecule has 0 aromatic heterocycles. The minimum Gasteiger partial charge on any atom is -0.293 e. The van der Waals surface area contributed by atoms with E-state index in [0.717, 1.165) is 27.5 Å². The lowest BCUT2D eigenvalue weighted by Crippen LogP contribution is -2.13. The average molecular weight is 305 g/mol. The zero-order valence-electron chi connectivity index (χ0n) is 11.6. The van der Waals surface area contributed by atoms with Gasteiger partial charge in [-0.15, -0.1) is 11.8 Å². The van der Waals surface area contributed by atoms with Gasteiger partial charge in [0.2, 0.25) is 0 Å². The molecule has 0 aliphatic rings. The normalized spacial score (nSPS) is 12.2. The molecular formula is C17H17ClOS. The predicted octanol–water partition coefficient (Wildman–Crippen LogP) is 5.15. The van der Waals surface area contributed by atoms with Gasteiger partial charge in [0, 0.05) is 16.3 Å². The lowest BCUT2D eigenvalue weighted by molar-refractivity contribution is 0.0994. The quantitative estimate of drug-likeness (QED) is 0.710. The number of aryl methyl sites for hydroxylation is 1. The van der Waals surface area contributed by atoms with Gasteiger partial charge in [-0.05, 0) is 25.5 Å². The molecule has 1 unspecified atom stereocenters. The van der Waals surface area contributed by atoms with E-state index >= 15 is 0 Å². The minimum atomic E-state index is -0.0750. The van der Waals surface area contributed by atoms with Gasteiger partial charge in [-0.2, -0.15) is 0 Å². The zero-order chi connectivity index (χ0) is 14.5. The molecule has 1 atom stereocenters. The van der Waals surface area contributed by atoms with Crippen LogP contribution in [0.3, 0.4) is 0 Å². The van der Waals surface area contributed by atoms with Crippen LogP contribution in [0.4, 0.5) is 0 Å². The van der Waals surface area contributed by atoms with Gasteiger partial charge >= 0.3 is 0 Å². The third-order valence-electron chi connectivity index (χ3n) is 3.15. The van der Waals surface area contributed by atoms with Crippen molar-refractivity contribution in [1.82, 2.24) is 0 Å². The first kappa shape index (κ1) is 15.1. The van der Waals surface area contributed by atoms with E-state index < -0.39 is 0 Å². The van der Waals surface area contributed by atoms with Gasteiger partial charge in [0.15, 0.2) is 5.78 Å². The molecule has 2 rings (SSSR count). The highest BCUT2D eigenvalue weighted by atomic mass is 35.5. The summed E-state index contributed by atoms with van der Waals surface area (Å²) in [6, 6.07) is 15.5. The van der Waals surface area contributed by atoms with Gasteiger partial charge in [-0.25, -0.2) is 0 Å². The average Bonchev–Trinajstić information content (AvgIpc) is 2.46. The highest BCUT2D eigenvalue weighted by molar-refractivity contribution is 7.99. The van der Waals surface area contributed by atoms with E-state index in [1.807, 2.05) is 62.4 Å². The van der Waals surface area contributed by atoms with Gasteiger partial charge in [-0.3, -0.25) is 4.79 Å². The van der Waals surface area contributed by atoms with E-state index in [4.69, 9.17) is 11.6 Å². The summed E-state index contributed by atoms with van der Waals surface area (Å²) in [6.45, 7) is 3.97. The van der Waals surface area contributed by atoms with Crippen molar-refractivity contribution >= 4 is 29.1 Å². The van der Waals surface area contributed by atoms with Gasteiger partial charge in [0.25, 0.3) is 0 Å². The van der Waals surface area contributed by atoms with Gasteiger partial charge in [0.1, 0.15) is 0 Å². The largest absolute Gasteiger partial charge is 0.293 e. The van der Waals surface area contributed by atoms with Crippen LogP contribution >= 0.6 is 23.4 Å². The molecule has 20 heavy (non-hydrogen) atoms. The summed E-state index contributed by atoms with van der Waals surface area (Å²) in [7, 11) is 0. The molecule has 0 bridgehead atoms. The smallest absolute Gasteiger partial charge is 0.175 e. The molecule has 0 saturated heterocycles. The summed E-state index contributed by atoms with van der Waals surface area (Å²) in [5.41, 5.74) is 3.01. The number of carbonyl (C=O) groups is 1. The third-order valence-corrected chi connectivity index (χ3v) is 4.71. The van der Waals surface area contributed by atoms with Crippen LogP contribution in [-0.2, 0) is 5.75 Å². The molecule has 0 fully saturated rings. The van der Waals surface area contributed by atoms with E-state index in [0.29, 0.717) is 0 Å². The first-order valence-corrected chi connectivity index (χ1v) is 7.96. The summed E-state index contributed by atoms with van der Waals surface area (Å²) in [5, 5.41) is 0.684. The molecule has 0 aliphatic carbocycles. The summed E-state index contributed by atoms with van der Waals surface area (Å²) in [5.74, 6) is 0.917. The van der Waals surface area contributed by atoms with Gasteiger partial charge in [0.05, 0.1) is 5.25 Å². The van der Waals surface area contributed by atoms with Crippen molar-refractivity contribution in [2.75, 3.05) is 0 Å². The Morgan fingerprint density at radius 2 is 1.80 bits per heavy atom. The molecule has 3 heteroatoms.